The first-order chi connectivity index (χ1) is 33.5. The van der Waals surface area contributed by atoms with Crippen molar-refractivity contribution >= 4 is 74.3 Å². The van der Waals surface area contributed by atoms with Gasteiger partial charge in [-0.05, 0) is 194 Å². The molecule has 0 radical (unpaired) electrons. The van der Waals surface area contributed by atoms with E-state index in [-0.39, 0.29) is 28.4 Å². The number of aryl methyl sites for hydroxylation is 2. The lowest BCUT2D eigenvalue weighted by atomic mass is 9.33. The lowest BCUT2D eigenvalue weighted by Crippen LogP contribution is -2.62. The second-order valence-electron chi connectivity index (χ2n) is 24.1. The molecule has 0 N–H and O–H groups in total. The summed E-state index contributed by atoms with van der Waals surface area (Å²) in [5.74, 6) is 0. The minimum atomic E-state index is 0.00394. The molecule has 0 aromatic heterocycles. The number of para-hydroxylation sites is 2. The molecule has 8 aromatic carbocycles. The van der Waals surface area contributed by atoms with Crippen LogP contribution in [0.15, 0.2) is 158 Å². The molecule has 0 unspecified atom stereocenters. The van der Waals surface area contributed by atoms with Crippen molar-refractivity contribution in [2.75, 3.05) is 14.7 Å². The zero-order chi connectivity index (χ0) is 48.2. The third kappa shape index (κ3) is 6.27. The van der Waals surface area contributed by atoms with Crippen LogP contribution in [0.25, 0.3) is 11.1 Å². The maximum atomic E-state index is 2.72. The molecule has 5 aliphatic rings. The second-order valence-corrected chi connectivity index (χ2v) is 24.1. The predicted octanol–water partition coefficient (Wildman–Crippen LogP) is 15.7. The summed E-state index contributed by atoms with van der Waals surface area (Å²) in [6.45, 7) is 24.5. The van der Waals surface area contributed by atoms with Gasteiger partial charge < -0.3 is 14.7 Å². The first-order valence-corrected chi connectivity index (χ1v) is 25.8. The Kier molecular flexibility index (Phi) is 9.19. The molecule has 13 rings (SSSR count). The van der Waals surface area contributed by atoms with Gasteiger partial charge in [0.2, 0.25) is 0 Å². The van der Waals surface area contributed by atoms with Crippen LogP contribution in [0.4, 0.5) is 51.2 Å². The van der Waals surface area contributed by atoms with E-state index in [0.29, 0.717) is 0 Å². The number of rotatable bonds is 5. The SMILES string of the molecule is Cc1cc2c3c(c1)N(c1cccc4c1Cc1ccccc1-4)c1cc(N(c4ccccc4)c4ccccc4)ccc1B3c1cc3c(cc1N2c1cc2c(cc1C)C(C)(C)CC2(C)C)C(C)(C)CCC3(C)C. The first-order valence-electron chi connectivity index (χ1n) is 25.8. The van der Waals surface area contributed by atoms with Gasteiger partial charge in [0.25, 0.3) is 6.71 Å². The van der Waals surface area contributed by atoms with E-state index in [1.807, 2.05) is 0 Å². The molecular formula is C66H64BN3. The van der Waals surface area contributed by atoms with E-state index in [4.69, 9.17) is 0 Å². The number of hydrogen-bond acceptors (Lipinski definition) is 3. The minimum absolute atomic E-state index is 0.00394. The summed E-state index contributed by atoms with van der Waals surface area (Å²) in [5, 5.41) is 0. The summed E-state index contributed by atoms with van der Waals surface area (Å²) in [4.78, 5) is 7.83. The molecule has 0 fully saturated rings. The van der Waals surface area contributed by atoms with E-state index >= 15 is 0 Å². The van der Waals surface area contributed by atoms with Crippen molar-refractivity contribution in [1.29, 1.82) is 0 Å². The maximum Gasteiger partial charge on any atom is 0.252 e. The summed E-state index contributed by atoms with van der Waals surface area (Å²) in [5.41, 5.74) is 29.6. The molecule has 0 saturated carbocycles. The Bertz CT molecular complexity index is 3450. The van der Waals surface area contributed by atoms with Crippen LogP contribution >= 0.6 is 0 Å². The predicted molar refractivity (Wildman–Crippen MR) is 299 cm³/mol. The summed E-state index contributed by atoms with van der Waals surface area (Å²) < 4.78 is 0. The van der Waals surface area contributed by atoms with Gasteiger partial charge in [0.1, 0.15) is 0 Å². The Morgan fingerprint density at radius 2 is 0.971 bits per heavy atom. The van der Waals surface area contributed by atoms with Crippen LogP contribution in [0.3, 0.4) is 0 Å². The van der Waals surface area contributed by atoms with Crippen molar-refractivity contribution in [2.45, 2.75) is 117 Å². The fourth-order valence-corrected chi connectivity index (χ4v) is 14.1. The van der Waals surface area contributed by atoms with E-state index in [0.717, 1.165) is 29.9 Å². The third-order valence-electron chi connectivity index (χ3n) is 17.4. The second kappa shape index (κ2) is 14.9. The van der Waals surface area contributed by atoms with Gasteiger partial charge in [0, 0.05) is 51.9 Å². The van der Waals surface area contributed by atoms with Crippen LogP contribution < -0.4 is 31.1 Å². The number of anilines is 9. The largest absolute Gasteiger partial charge is 0.311 e. The van der Waals surface area contributed by atoms with Crippen LogP contribution in [0.5, 0.6) is 0 Å². The van der Waals surface area contributed by atoms with Crippen LogP contribution in [0.2, 0.25) is 0 Å². The number of fused-ring (bicyclic) bond motifs is 9. The Labute approximate surface area is 416 Å². The van der Waals surface area contributed by atoms with Gasteiger partial charge in [-0.15, -0.1) is 0 Å². The molecule has 0 bridgehead atoms. The Balaban J connectivity index is 1.14. The normalized spacial score (nSPS) is 17.7. The van der Waals surface area contributed by atoms with Crippen molar-refractivity contribution in [2.24, 2.45) is 0 Å². The fraction of sp³-hybridized carbons (Fsp3) is 0.273. The van der Waals surface area contributed by atoms with Crippen molar-refractivity contribution < 1.29 is 0 Å². The smallest absolute Gasteiger partial charge is 0.252 e. The quantitative estimate of drug-likeness (QED) is 0.159. The van der Waals surface area contributed by atoms with Gasteiger partial charge in [0.15, 0.2) is 0 Å². The van der Waals surface area contributed by atoms with E-state index in [1.165, 1.54) is 119 Å². The monoisotopic (exact) mass is 910 g/mol. The standard InChI is InChI=1S/C66H64BN3/c1-41-32-60-62-61(33-41)70(57-38-53-50(34-42(57)2)65(7,8)40-66(53,9)10)59-39-52-51(63(3,4)30-31-64(52,5)6)37-55(59)67(62)54-29-28-46(68(44-21-13-11-14-22-44)45-23-15-12-16-24-45)36-58(54)69(60)56-27-19-26-48-47-25-18-17-20-43(47)35-49(48)56/h11-29,32-34,36-39H,30-31,35,40H2,1-10H3. The molecule has 2 aliphatic heterocycles. The number of hydrogen-bond donors (Lipinski definition) is 0. The molecule has 346 valence electrons. The molecular weight excluding hydrogens is 846 g/mol. The summed E-state index contributed by atoms with van der Waals surface area (Å²) in [6.07, 6.45) is 4.37. The van der Waals surface area contributed by atoms with Gasteiger partial charge in [-0.1, -0.05) is 146 Å². The van der Waals surface area contributed by atoms with Gasteiger partial charge in [-0.2, -0.15) is 0 Å². The third-order valence-corrected chi connectivity index (χ3v) is 17.4. The average molecular weight is 910 g/mol. The molecule has 70 heavy (non-hydrogen) atoms. The highest BCUT2D eigenvalue weighted by atomic mass is 15.2. The molecule has 4 heteroatoms. The molecule has 3 nitrogen and oxygen atoms in total. The zero-order valence-corrected chi connectivity index (χ0v) is 42.8. The van der Waals surface area contributed by atoms with E-state index in [1.54, 1.807) is 0 Å². The number of benzene rings is 8. The van der Waals surface area contributed by atoms with Gasteiger partial charge >= 0.3 is 0 Å². The fourth-order valence-electron chi connectivity index (χ4n) is 14.1. The van der Waals surface area contributed by atoms with Crippen LogP contribution in [-0.2, 0) is 28.1 Å². The van der Waals surface area contributed by atoms with Gasteiger partial charge in [-0.25, -0.2) is 0 Å². The lowest BCUT2D eigenvalue weighted by Gasteiger charge is -2.48. The van der Waals surface area contributed by atoms with E-state index in [2.05, 4.69) is 242 Å². The van der Waals surface area contributed by atoms with Gasteiger partial charge in [0.05, 0.1) is 5.69 Å². The Hall–Kier alpha value is -6.78. The highest BCUT2D eigenvalue weighted by Crippen LogP contribution is 2.56. The molecule has 0 spiro atoms. The van der Waals surface area contributed by atoms with Crippen LogP contribution in [0, 0.1) is 13.8 Å². The molecule has 3 aliphatic carbocycles. The zero-order valence-electron chi connectivity index (χ0n) is 42.8. The van der Waals surface area contributed by atoms with Crippen molar-refractivity contribution in [3.05, 3.63) is 202 Å². The van der Waals surface area contributed by atoms with E-state index in [9.17, 15) is 0 Å². The Morgan fingerprint density at radius 1 is 0.429 bits per heavy atom. The lowest BCUT2D eigenvalue weighted by molar-refractivity contribution is 0.332. The Morgan fingerprint density at radius 3 is 1.64 bits per heavy atom. The first kappa shape index (κ1) is 43.3. The van der Waals surface area contributed by atoms with Crippen LogP contribution in [-0.4, -0.2) is 6.71 Å². The molecule has 0 atom stereocenters. The minimum Gasteiger partial charge on any atom is -0.311 e. The van der Waals surface area contributed by atoms with E-state index < -0.39 is 0 Å². The van der Waals surface area contributed by atoms with Crippen molar-refractivity contribution in [1.82, 2.24) is 0 Å². The van der Waals surface area contributed by atoms with Crippen molar-refractivity contribution in [3.63, 3.8) is 0 Å². The molecule has 8 aromatic rings. The highest BCUT2D eigenvalue weighted by molar-refractivity contribution is 7.00. The summed E-state index contributed by atoms with van der Waals surface area (Å²) >= 11 is 0. The summed E-state index contributed by atoms with van der Waals surface area (Å²) in [6, 6.07) is 60.8. The molecule has 2 heterocycles. The molecule has 0 saturated heterocycles. The summed E-state index contributed by atoms with van der Waals surface area (Å²) in [7, 11) is 0. The van der Waals surface area contributed by atoms with Crippen molar-refractivity contribution in [3.8, 4) is 11.1 Å². The topological polar surface area (TPSA) is 9.72 Å². The van der Waals surface area contributed by atoms with Gasteiger partial charge in [-0.3, -0.25) is 0 Å². The average Bonchev–Trinajstić information content (AvgIpc) is 3.80. The maximum absolute atomic E-state index is 2.72. The highest BCUT2D eigenvalue weighted by Gasteiger charge is 2.48. The number of nitrogens with zero attached hydrogens (tertiary/aromatic N) is 3. The molecule has 0 amide bonds. The van der Waals surface area contributed by atoms with Crippen LogP contribution in [0.1, 0.15) is 119 Å².